The fourth-order valence-corrected chi connectivity index (χ4v) is 3.01. The van der Waals surface area contributed by atoms with Gasteiger partial charge in [-0.3, -0.25) is 9.69 Å². The van der Waals surface area contributed by atoms with Gasteiger partial charge in [-0.1, -0.05) is 18.7 Å². The van der Waals surface area contributed by atoms with Crippen molar-refractivity contribution in [3.8, 4) is 0 Å². The summed E-state index contributed by atoms with van der Waals surface area (Å²) < 4.78 is 0. The highest BCUT2D eigenvalue weighted by atomic mass is 16.1. The number of hydrogen-bond acceptors (Lipinski definition) is 3. The van der Waals surface area contributed by atoms with Crippen LogP contribution in [0.25, 0.3) is 0 Å². The van der Waals surface area contributed by atoms with Crippen LogP contribution in [-0.2, 0) is 4.79 Å². The van der Waals surface area contributed by atoms with Gasteiger partial charge in [0.25, 0.3) is 0 Å². The van der Waals surface area contributed by atoms with E-state index in [4.69, 9.17) is 0 Å². The second-order valence-corrected chi connectivity index (χ2v) is 6.03. The number of carbonyl (C=O) groups is 1. The van der Waals surface area contributed by atoms with Crippen LogP contribution < -0.4 is 10.2 Å². The molecule has 1 saturated heterocycles. The van der Waals surface area contributed by atoms with Gasteiger partial charge in [-0.05, 0) is 50.6 Å². The Morgan fingerprint density at radius 2 is 2.27 bits per heavy atom. The van der Waals surface area contributed by atoms with Crippen molar-refractivity contribution in [2.24, 2.45) is 0 Å². The summed E-state index contributed by atoms with van der Waals surface area (Å²) in [5.74, 6) is -0.0855. The van der Waals surface area contributed by atoms with Gasteiger partial charge in [-0.2, -0.15) is 0 Å². The second kappa shape index (κ2) is 7.99. The minimum atomic E-state index is -0.0855. The number of nitrogens with zero attached hydrogens (tertiary/aromatic N) is 2. The summed E-state index contributed by atoms with van der Waals surface area (Å²) in [4.78, 5) is 16.1. The van der Waals surface area contributed by atoms with Gasteiger partial charge in [0.1, 0.15) is 0 Å². The number of carbonyl (C=O) groups excluding carboxylic acids is 1. The minimum absolute atomic E-state index is 0.0855. The van der Waals surface area contributed by atoms with E-state index in [-0.39, 0.29) is 5.91 Å². The van der Waals surface area contributed by atoms with E-state index in [1.807, 2.05) is 0 Å². The van der Waals surface area contributed by atoms with Gasteiger partial charge in [-0.15, -0.1) is 0 Å². The molecule has 1 aliphatic rings. The molecule has 1 fully saturated rings. The van der Waals surface area contributed by atoms with Crippen molar-refractivity contribution >= 4 is 11.6 Å². The maximum atomic E-state index is 11.1. The largest absolute Gasteiger partial charge is 0.366 e. The lowest BCUT2D eigenvalue weighted by Crippen LogP contribution is -2.52. The van der Waals surface area contributed by atoms with E-state index in [0.717, 1.165) is 39.1 Å². The van der Waals surface area contributed by atoms with Crippen molar-refractivity contribution in [1.29, 1.82) is 0 Å². The molecule has 1 N–H and O–H groups in total. The quantitative estimate of drug-likeness (QED) is 0.646. The molecule has 22 heavy (non-hydrogen) atoms. The van der Waals surface area contributed by atoms with E-state index in [0.29, 0.717) is 6.04 Å². The molecule has 120 valence electrons. The fourth-order valence-electron chi connectivity index (χ4n) is 3.01. The third-order valence-electron chi connectivity index (χ3n) is 4.18. The summed E-state index contributed by atoms with van der Waals surface area (Å²) in [5.41, 5.74) is 2.63. The van der Waals surface area contributed by atoms with Crippen LogP contribution in [0.4, 0.5) is 5.69 Å². The van der Waals surface area contributed by atoms with E-state index in [1.165, 1.54) is 17.3 Å². The molecule has 4 heteroatoms. The van der Waals surface area contributed by atoms with Gasteiger partial charge in [0.05, 0.1) is 0 Å². The van der Waals surface area contributed by atoms with E-state index >= 15 is 0 Å². The Kier molecular flexibility index (Phi) is 6.01. The molecule has 1 aliphatic heterocycles. The molecule has 0 radical (unpaired) electrons. The number of aryl methyl sites for hydroxylation is 1. The van der Waals surface area contributed by atoms with E-state index < -0.39 is 0 Å². The molecule has 0 aromatic heterocycles. The zero-order chi connectivity index (χ0) is 15.9. The monoisotopic (exact) mass is 301 g/mol. The van der Waals surface area contributed by atoms with Gasteiger partial charge >= 0.3 is 0 Å². The molecule has 0 bridgehead atoms. The maximum absolute atomic E-state index is 11.1. The molecule has 1 unspecified atom stereocenters. The van der Waals surface area contributed by atoms with E-state index in [9.17, 15) is 4.79 Å². The number of piperazine rings is 1. The summed E-state index contributed by atoms with van der Waals surface area (Å²) in [6.07, 6.45) is 2.30. The Bertz CT molecular complexity index is 515. The lowest BCUT2D eigenvalue weighted by Gasteiger charge is -2.41. The van der Waals surface area contributed by atoms with Gasteiger partial charge < -0.3 is 10.2 Å². The first-order chi connectivity index (χ1) is 10.6. The van der Waals surface area contributed by atoms with Crippen LogP contribution in [-0.4, -0.2) is 49.6 Å². The van der Waals surface area contributed by atoms with Crippen LogP contribution in [0, 0.1) is 6.92 Å². The molecule has 0 aliphatic carbocycles. The van der Waals surface area contributed by atoms with E-state index in [2.05, 4.69) is 59.8 Å². The first kappa shape index (κ1) is 16.6. The second-order valence-electron chi connectivity index (χ2n) is 6.03. The zero-order valence-corrected chi connectivity index (χ0v) is 13.7. The van der Waals surface area contributed by atoms with Crippen molar-refractivity contribution in [2.75, 3.05) is 37.6 Å². The molecule has 2 rings (SSSR count). The van der Waals surface area contributed by atoms with Crippen molar-refractivity contribution in [3.05, 3.63) is 42.5 Å². The standard InChI is InChI=1S/C18H27N3O/c1-4-18(22)19-9-6-10-20-11-12-21(16(3)14-20)17-8-5-7-15(2)13-17/h4-5,7-8,13,16H,1,6,9-12,14H2,2-3H3,(H,19,22). The number of benzene rings is 1. The Hall–Kier alpha value is -1.81. The summed E-state index contributed by atoms with van der Waals surface area (Å²) in [7, 11) is 0. The first-order valence-electron chi connectivity index (χ1n) is 8.06. The highest BCUT2D eigenvalue weighted by Gasteiger charge is 2.23. The molecule has 1 atom stereocenters. The number of amides is 1. The molecule has 1 aromatic rings. The number of hydrogen-bond donors (Lipinski definition) is 1. The Labute approximate surface area is 133 Å². The van der Waals surface area contributed by atoms with Crippen molar-refractivity contribution in [2.45, 2.75) is 26.3 Å². The van der Waals surface area contributed by atoms with Crippen LogP contribution in [0.15, 0.2) is 36.9 Å². The van der Waals surface area contributed by atoms with Crippen LogP contribution >= 0.6 is 0 Å². The third kappa shape index (κ3) is 4.60. The number of nitrogens with one attached hydrogen (secondary N) is 1. The Morgan fingerprint density at radius 3 is 2.95 bits per heavy atom. The average molecular weight is 301 g/mol. The molecular weight excluding hydrogens is 274 g/mol. The Morgan fingerprint density at radius 1 is 1.45 bits per heavy atom. The van der Waals surface area contributed by atoms with Crippen LogP contribution in [0.5, 0.6) is 0 Å². The Balaban J connectivity index is 1.78. The summed E-state index contributed by atoms with van der Waals surface area (Å²) >= 11 is 0. The maximum Gasteiger partial charge on any atom is 0.243 e. The summed E-state index contributed by atoms with van der Waals surface area (Å²) in [5, 5.41) is 2.83. The van der Waals surface area contributed by atoms with Crippen LogP contribution in [0.1, 0.15) is 18.9 Å². The predicted octanol–water partition coefficient (Wildman–Crippen LogP) is 2.20. The lowest BCUT2D eigenvalue weighted by molar-refractivity contribution is -0.116. The molecule has 0 spiro atoms. The highest BCUT2D eigenvalue weighted by molar-refractivity contribution is 5.86. The number of anilines is 1. The van der Waals surface area contributed by atoms with Gasteiger partial charge in [0, 0.05) is 37.9 Å². The molecule has 1 heterocycles. The topological polar surface area (TPSA) is 35.6 Å². The smallest absolute Gasteiger partial charge is 0.243 e. The molecule has 0 saturated carbocycles. The minimum Gasteiger partial charge on any atom is -0.366 e. The van der Waals surface area contributed by atoms with Gasteiger partial charge in [0.2, 0.25) is 5.91 Å². The van der Waals surface area contributed by atoms with Gasteiger partial charge in [0.15, 0.2) is 0 Å². The first-order valence-corrected chi connectivity index (χ1v) is 8.06. The SMILES string of the molecule is C=CC(=O)NCCCN1CCN(c2cccc(C)c2)C(C)C1. The highest BCUT2D eigenvalue weighted by Crippen LogP contribution is 2.21. The molecular formula is C18H27N3O. The van der Waals surface area contributed by atoms with Crippen LogP contribution in [0.2, 0.25) is 0 Å². The molecule has 4 nitrogen and oxygen atoms in total. The zero-order valence-electron chi connectivity index (χ0n) is 13.7. The number of rotatable bonds is 6. The van der Waals surface area contributed by atoms with Crippen molar-refractivity contribution in [1.82, 2.24) is 10.2 Å². The normalized spacial score (nSPS) is 19.0. The molecule has 1 amide bonds. The van der Waals surface area contributed by atoms with Crippen molar-refractivity contribution in [3.63, 3.8) is 0 Å². The summed E-state index contributed by atoms with van der Waals surface area (Å²) in [6, 6.07) is 9.24. The predicted molar refractivity (Wildman–Crippen MR) is 92.3 cm³/mol. The average Bonchev–Trinajstić information content (AvgIpc) is 2.51. The fraction of sp³-hybridized carbons (Fsp3) is 0.500. The van der Waals surface area contributed by atoms with Crippen LogP contribution in [0.3, 0.4) is 0 Å². The third-order valence-corrected chi connectivity index (χ3v) is 4.18. The van der Waals surface area contributed by atoms with E-state index in [1.54, 1.807) is 0 Å². The molecule has 1 aromatic carbocycles. The summed E-state index contributed by atoms with van der Waals surface area (Å²) in [6.45, 7) is 12.8. The van der Waals surface area contributed by atoms with Gasteiger partial charge in [-0.25, -0.2) is 0 Å². The lowest BCUT2D eigenvalue weighted by atomic mass is 10.1. The van der Waals surface area contributed by atoms with Crippen molar-refractivity contribution < 1.29 is 4.79 Å².